The molecule has 1 aliphatic rings. The first kappa shape index (κ1) is 9.53. The molecule has 14 heavy (non-hydrogen) atoms. The Morgan fingerprint density at radius 2 is 2.50 bits per heavy atom. The topological polar surface area (TPSA) is 54.5 Å². The summed E-state index contributed by atoms with van der Waals surface area (Å²) < 4.78 is 1.90. The van der Waals surface area contributed by atoms with Crippen LogP contribution in [0.3, 0.4) is 0 Å². The number of nitriles is 1. The van der Waals surface area contributed by atoms with Crippen LogP contribution in [-0.4, -0.2) is 20.0 Å². The number of rotatable bonds is 2. The zero-order chi connectivity index (χ0) is 9.97. The van der Waals surface area contributed by atoms with Crippen LogP contribution in [0.15, 0.2) is 11.5 Å². The lowest BCUT2D eigenvalue weighted by atomic mass is 10.1. The van der Waals surface area contributed by atoms with Crippen LogP contribution in [0.4, 0.5) is 0 Å². The van der Waals surface area contributed by atoms with E-state index in [4.69, 9.17) is 5.26 Å². The molecule has 0 saturated heterocycles. The van der Waals surface area contributed by atoms with Crippen LogP contribution in [0, 0.1) is 17.2 Å². The van der Waals surface area contributed by atoms with Crippen molar-refractivity contribution < 1.29 is 0 Å². The molecule has 0 bridgehead atoms. The molecule has 0 aliphatic heterocycles. The molecule has 1 fully saturated rings. The van der Waals surface area contributed by atoms with Crippen molar-refractivity contribution in [2.45, 2.75) is 29.7 Å². The van der Waals surface area contributed by atoms with E-state index in [-0.39, 0.29) is 5.92 Å². The van der Waals surface area contributed by atoms with E-state index in [0.717, 1.165) is 24.4 Å². The third kappa shape index (κ3) is 1.75. The lowest BCUT2D eigenvalue weighted by Crippen LogP contribution is -2.08. The highest BCUT2D eigenvalue weighted by molar-refractivity contribution is 7.99. The van der Waals surface area contributed by atoms with Gasteiger partial charge in [-0.15, -0.1) is 10.2 Å². The fraction of sp³-hybridized carbons (Fsp3) is 0.667. The second-order valence-corrected chi connectivity index (χ2v) is 4.75. The van der Waals surface area contributed by atoms with E-state index in [1.807, 2.05) is 11.6 Å². The molecule has 2 unspecified atom stereocenters. The molecule has 0 amide bonds. The van der Waals surface area contributed by atoms with Gasteiger partial charge >= 0.3 is 0 Å². The highest BCUT2D eigenvalue weighted by atomic mass is 32.2. The summed E-state index contributed by atoms with van der Waals surface area (Å²) in [6.07, 6.45) is 5.01. The summed E-state index contributed by atoms with van der Waals surface area (Å²) >= 11 is 1.68. The SMILES string of the molecule is Cn1cnnc1SC1CCCC1C#N. The van der Waals surface area contributed by atoms with Gasteiger partial charge < -0.3 is 4.57 Å². The van der Waals surface area contributed by atoms with E-state index in [0.29, 0.717) is 5.25 Å². The van der Waals surface area contributed by atoms with Crippen molar-refractivity contribution in [3.63, 3.8) is 0 Å². The molecule has 1 heterocycles. The zero-order valence-electron chi connectivity index (χ0n) is 8.05. The molecule has 2 rings (SSSR count). The van der Waals surface area contributed by atoms with Crippen molar-refractivity contribution in [3.8, 4) is 6.07 Å². The van der Waals surface area contributed by atoms with Gasteiger partial charge in [0.2, 0.25) is 0 Å². The molecule has 0 spiro atoms. The Morgan fingerprint density at radius 1 is 1.64 bits per heavy atom. The fourth-order valence-electron chi connectivity index (χ4n) is 1.73. The maximum Gasteiger partial charge on any atom is 0.191 e. The van der Waals surface area contributed by atoms with Gasteiger partial charge in [0.15, 0.2) is 5.16 Å². The van der Waals surface area contributed by atoms with Gasteiger partial charge in [-0.05, 0) is 12.8 Å². The molecular formula is C9H12N4S. The van der Waals surface area contributed by atoms with E-state index in [1.165, 1.54) is 0 Å². The first-order valence-corrected chi connectivity index (χ1v) is 5.59. The van der Waals surface area contributed by atoms with Crippen LogP contribution in [0.5, 0.6) is 0 Å². The summed E-state index contributed by atoms with van der Waals surface area (Å²) in [6, 6.07) is 2.37. The van der Waals surface area contributed by atoms with Gasteiger partial charge in [-0.3, -0.25) is 0 Å². The fourth-order valence-corrected chi connectivity index (χ4v) is 2.95. The second-order valence-electron chi connectivity index (χ2n) is 3.55. The number of hydrogen-bond acceptors (Lipinski definition) is 4. The van der Waals surface area contributed by atoms with Gasteiger partial charge in [0.05, 0.1) is 12.0 Å². The summed E-state index contributed by atoms with van der Waals surface area (Å²) in [4.78, 5) is 0. The van der Waals surface area contributed by atoms with Crippen molar-refractivity contribution in [1.29, 1.82) is 5.26 Å². The molecule has 1 aromatic heterocycles. The van der Waals surface area contributed by atoms with Crippen molar-refractivity contribution >= 4 is 11.8 Å². The normalized spacial score (nSPS) is 26.3. The maximum atomic E-state index is 8.93. The van der Waals surface area contributed by atoms with E-state index in [9.17, 15) is 0 Å². The monoisotopic (exact) mass is 208 g/mol. The highest BCUT2D eigenvalue weighted by Gasteiger charge is 2.29. The Morgan fingerprint density at radius 3 is 3.14 bits per heavy atom. The number of nitrogens with zero attached hydrogens (tertiary/aromatic N) is 4. The average molecular weight is 208 g/mol. The zero-order valence-corrected chi connectivity index (χ0v) is 8.87. The van der Waals surface area contributed by atoms with Gasteiger partial charge in [-0.1, -0.05) is 18.2 Å². The summed E-state index contributed by atoms with van der Waals surface area (Å²) in [6.45, 7) is 0. The highest BCUT2D eigenvalue weighted by Crippen LogP contribution is 2.37. The minimum atomic E-state index is 0.191. The number of aromatic nitrogens is 3. The lowest BCUT2D eigenvalue weighted by molar-refractivity contribution is 0.706. The van der Waals surface area contributed by atoms with Crippen LogP contribution in [0.2, 0.25) is 0 Å². The Labute approximate surface area is 87.3 Å². The van der Waals surface area contributed by atoms with E-state index >= 15 is 0 Å². The van der Waals surface area contributed by atoms with Crippen molar-refractivity contribution in [1.82, 2.24) is 14.8 Å². The van der Waals surface area contributed by atoms with Gasteiger partial charge in [0, 0.05) is 12.3 Å². The Bertz CT molecular complexity index is 354. The summed E-state index contributed by atoms with van der Waals surface area (Å²) in [5.41, 5.74) is 0. The first-order chi connectivity index (χ1) is 6.81. The van der Waals surface area contributed by atoms with Gasteiger partial charge in [0.1, 0.15) is 6.33 Å². The number of aryl methyl sites for hydroxylation is 1. The standard InChI is InChI=1S/C9H12N4S/c1-13-6-11-12-9(13)14-8-4-2-3-7(8)5-10/h6-8H,2-4H2,1H3. The smallest absolute Gasteiger partial charge is 0.191 e. The summed E-state index contributed by atoms with van der Waals surface area (Å²) in [7, 11) is 1.93. The number of thioether (sulfide) groups is 1. The molecule has 4 nitrogen and oxygen atoms in total. The van der Waals surface area contributed by atoms with Crippen LogP contribution >= 0.6 is 11.8 Å². The summed E-state index contributed by atoms with van der Waals surface area (Å²) in [5.74, 6) is 0.191. The predicted molar refractivity (Wildman–Crippen MR) is 53.6 cm³/mol. The molecule has 0 aromatic carbocycles. The van der Waals surface area contributed by atoms with Crippen molar-refractivity contribution in [2.24, 2.45) is 13.0 Å². The average Bonchev–Trinajstić information content (AvgIpc) is 2.77. The van der Waals surface area contributed by atoms with Crippen molar-refractivity contribution in [2.75, 3.05) is 0 Å². The molecule has 2 atom stereocenters. The Kier molecular flexibility index (Phi) is 2.73. The van der Waals surface area contributed by atoms with Gasteiger partial charge in [0.25, 0.3) is 0 Å². The molecule has 5 heteroatoms. The molecule has 74 valence electrons. The van der Waals surface area contributed by atoms with E-state index in [2.05, 4.69) is 16.3 Å². The van der Waals surface area contributed by atoms with Gasteiger partial charge in [-0.2, -0.15) is 5.26 Å². The minimum Gasteiger partial charge on any atom is -0.312 e. The Balaban J connectivity index is 2.05. The minimum absolute atomic E-state index is 0.191. The van der Waals surface area contributed by atoms with Crippen LogP contribution < -0.4 is 0 Å². The predicted octanol–water partition coefficient (Wildman–Crippen LogP) is 1.60. The third-order valence-electron chi connectivity index (χ3n) is 2.55. The van der Waals surface area contributed by atoms with Crippen LogP contribution in [0.1, 0.15) is 19.3 Å². The van der Waals surface area contributed by atoms with Crippen LogP contribution in [-0.2, 0) is 7.05 Å². The molecule has 1 saturated carbocycles. The van der Waals surface area contributed by atoms with Crippen molar-refractivity contribution in [3.05, 3.63) is 6.33 Å². The van der Waals surface area contributed by atoms with Crippen LogP contribution in [0.25, 0.3) is 0 Å². The number of hydrogen-bond donors (Lipinski definition) is 0. The maximum absolute atomic E-state index is 8.93. The third-order valence-corrected chi connectivity index (χ3v) is 3.99. The van der Waals surface area contributed by atoms with Gasteiger partial charge in [-0.25, -0.2) is 0 Å². The molecule has 0 N–H and O–H groups in total. The lowest BCUT2D eigenvalue weighted by Gasteiger charge is -2.10. The summed E-state index contributed by atoms with van der Waals surface area (Å²) in [5, 5.41) is 18.1. The first-order valence-electron chi connectivity index (χ1n) is 4.71. The largest absolute Gasteiger partial charge is 0.312 e. The quantitative estimate of drug-likeness (QED) is 0.740. The van der Waals surface area contributed by atoms with E-state index < -0.39 is 0 Å². The second kappa shape index (κ2) is 4.01. The van der Waals surface area contributed by atoms with E-state index in [1.54, 1.807) is 18.1 Å². The molecule has 1 aliphatic carbocycles. The molecule has 0 radical (unpaired) electrons. The molecule has 1 aromatic rings. The molecular weight excluding hydrogens is 196 g/mol. The Hall–Kier alpha value is -1.02.